The van der Waals surface area contributed by atoms with Gasteiger partial charge in [0.15, 0.2) is 0 Å². The Labute approximate surface area is 288 Å². The lowest BCUT2D eigenvalue weighted by Gasteiger charge is -2.42. The maximum Gasteiger partial charge on any atom is 0.490 e. The summed E-state index contributed by atoms with van der Waals surface area (Å²) in [7, 11) is 2.20. The number of ether oxygens (including phenoxy) is 1. The van der Waals surface area contributed by atoms with Crippen molar-refractivity contribution in [3.05, 3.63) is 66.4 Å². The Morgan fingerprint density at radius 3 is 2.50 bits per heavy atom. The number of carbonyl (C=O) groups excluding carboxylic acids is 1. The molecule has 2 aromatic carbocycles. The minimum absolute atomic E-state index is 0.129. The number of nitriles is 1. The van der Waals surface area contributed by atoms with E-state index >= 15 is 0 Å². The molecule has 0 spiro atoms. The van der Waals surface area contributed by atoms with Crippen LogP contribution >= 0.6 is 0 Å². The number of alkyl halides is 3. The van der Waals surface area contributed by atoms with E-state index in [1.165, 1.54) is 29.0 Å². The summed E-state index contributed by atoms with van der Waals surface area (Å²) in [6.07, 6.45) is 1.70. The zero-order valence-corrected chi connectivity index (χ0v) is 27.9. The number of carboxylic acid groups (broad SMARTS) is 1. The van der Waals surface area contributed by atoms with Crippen molar-refractivity contribution in [1.82, 2.24) is 19.8 Å². The van der Waals surface area contributed by atoms with Gasteiger partial charge < -0.3 is 24.5 Å². The van der Waals surface area contributed by atoms with Crippen LogP contribution in [-0.4, -0.2) is 100 Å². The molecule has 7 rings (SSSR count). The van der Waals surface area contributed by atoms with Gasteiger partial charge in [-0.3, -0.25) is 9.69 Å². The standard InChI is InChI=1S/C34H39N7O2.C2HF3O2/c1-3-31(42)41-21-20-40(22-25(41)13-17-35)32-27-14-19-39(29-11-6-9-24-8-4-5-10-26(24)29)23-28(27)36-33(37-32)43-34(15-16-34)30-12-7-18-38(30)2;3-2(4,5)1(6)7/h3-6,8-11,25,30H,1,7,12-16,18-23H2,2H3;(H,6,7)/t25-,30+;/m0./s1. The number of likely N-dealkylation sites (N-methyl/N-ethyl adjacent to an activating group) is 1. The Morgan fingerprint density at radius 1 is 1.10 bits per heavy atom. The third-order valence-corrected chi connectivity index (χ3v) is 10.1. The summed E-state index contributed by atoms with van der Waals surface area (Å²) in [5, 5.41) is 19.2. The average Bonchev–Trinajstić information content (AvgIpc) is 3.74. The molecular formula is C36H40F3N7O4. The zero-order valence-electron chi connectivity index (χ0n) is 27.9. The number of benzene rings is 2. The van der Waals surface area contributed by atoms with Gasteiger partial charge in [0.25, 0.3) is 0 Å². The molecule has 0 radical (unpaired) electrons. The highest BCUT2D eigenvalue weighted by Crippen LogP contribution is 2.48. The van der Waals surface area contributed by atoms with Gasteiger partial charge in [0.05, 0.1) is 30.8 Å². The summed E-state index contributed by atoms with van der Waals surface area (Å²) in [5.74, 6) is -2.00. The molecule has 14 heteroatoms. The minimum atomic E-state index is -5.08. The van der Waals surface area contributed by atoms with Crippen LogP contribution in [0.2, 0.25) is 0 Å². The van der Waals surface area contributed by atoms with E-state index in [9.17, 15) is 23.2 Å². The van der Waals surface area contributed by atoms with E-state index in [4.69, 9.17) is 24.6 Å². The smallest absolute Gasteiger partial charge is 0.475 e. The van der Waals surface area contributed by atoms with Crippen LogP contribution in [0.25, 0.3) is 10.8 Å². The van der Waals surface area contributed by atoms with Gasteiger partial charge in [-0.2, -0.15) is 28.4 Å². The van der Waals surface area contributed by atoms with Crippen molar-refractivity contribution in [3.8, 4) is 12.1 Å². The third-order valence-electron chi connectivity index (χ3n) is 10.1. The second-order valence-electron chi connectivity index (χ2n) is 13.2. The van der Waals surface area contributed by atoms with E-state index in [0.29, 0.717) is 38.2 Å². The van der Waals surface area contributed by atoms with Crippen molar-refractivity contribution in [2.45, 2.75) is 68.9 Å². The van der Waals surface area contributed by atoms with Gasteiger partial charge in [-0.25, -0.2) is 4.79 Å². The predicted octanol–water partition coefficient (Wildman–Crippen LogP) is 4.95. The largest absolute Gasteiger partial charge is 0.490 e. The second kappa shape index (κ2) is 14.1. The average molecular weight is 692 g/mol. The number of hydrogen-bond donors (Lipinski definition) is 1. The van der Waals surface area contributed by atoms with Gasteiger partial charge in [-0.05, 0) is 63.2 Å². The fourth-order valence-corrected chi connectivity index (χ4v) is 7.50. The van der Waals surface area contributed by atoms with Crippen LogP contribution in [0.1, 0.15) is 43.4 Å². The molecule has 0 bridgehead atoms. The quantitative estimate of drug-likeness (QED) is 0.341. The zero-order chi connectivity index (χ0) is 35.6. The summed E-state index contributed by atoms with van der Waals surface area (Å²) in [6.45, 7) is 7.98. The molecular weight excluding hydrogens is 651 g/mol. The van der Waals surface area contributed by atoms with Gasteiger partial charge in [0.1, 0.15) is 11.4 Å². The topological polar surface area (TPSA) is 126 Å². The van der Waals surface area contributed by atoms with Crippen LogP contribution in [0.4, 0.5) is 24.7 Å². The number of nitrogens with zero attached hydrogens (tertiary/aromatic N) is 7. The number of carboxylic acids is 1. The number of carbonyl (C=O) groups is 2. The summed E-state index contributed by atoms with van der Waals surface area (Å²) in [6, 6.07) is 17.9. The Kier molecular flexibility index (Phi) is 9.89. The van der Waals surface area contributed by atoms with Gasteiger partial charge >= 0.3 is 18.2 Å². The number of piperazine rings is 1. The molecule has 3 aromatic rings. The molecule has 2 atom stereocenters. The number of halogens is 3. The minimum Gasteiger partial charge on any atom is -0.475 e. The van der Waals surface area contributed by atoms with E-state index in [2.05, 4.69) is 76.9 Å². The number of fused-ring (bicyclic) bond motifs is 2. The highest BCUT2D eigenvalue weighted by Gasteiger charge is 2.55. The number of likely N-dealkylation sites (tertiary alicyclic amines) is 1. The van der Waals surface area contributed by atoms with E-state index in [1.54, 1.807) is 4.90 Å². The van der Waals surface area contributed by atoms with Gasteiger partial charge in [-0.15, -0.1) is 0 Å². The Morgan fingerprint density at radius 2 is 1.84 bits per heavy atom. The second-order valence-corrected chi connectivity index (χ2v) is 13.2. The maximum atomic E-state index is 12.6. The molecule has 1 saturated carbocycles. The first-order valence-electron chi connectivity index (χ1n) is 16.8. The van der Waals surface area contributed by atoms with Gasteiger partial charge in [-0.1, -0.05) is 43.0 Å². The summed E-state index contributed by atoms with van der Waals surface area (Å²) in [5.41, 5.74) is 3.13. The Bertz CT molecular complexity index is 1800. The molecule has 1 aliphatic carbocycles. The normalized spacial score (nSPS) is 21.5. The first-order chi connectivity index (χ1) is 23.9. The molecule has 4 heterocycles. The molecule has 4 aliphatic rings. The molecule has 1 amide bonds. The maximum absolute atomic E-state index is 12.6. The highest BCUT2D eigenvalue weighted by atomic mass is 19.4. The number of rotatable bonds is 7. The number of aliphatic carboxylic acids is 1. The molecule has 1 N–H and O–H groups in total. The molecule has 2 saturated heterocycles. The molecule has 50 heavy (non-hydrogen) atoms. The van der Waals surface area contributed by atoms with Crippen molar-refractivity contribution in [2.75, 3.05) is 49.6 Å². The van der Waals surface area contributed by atoms with Gasteiger partial charge in [0.2, 0.25) is 5.91 Å². The van der Waals surface area contributed by atoms with E-state index in [-0.39, 0.29) is 24.0 Å². The Hall–Kier alpha value is -4.90. The lowest BCUT2D eigenvalue weighted by Crippen LogP contribution is -2.55. The SMILES string of the molecule is C=CC(=O)N1CCN(c2nc(OC3([C@H]4CCCN4C)CC3)nc3c2CCN(c2cccc4ccccc24)C3)C[C@@H]1CC#N.O=C(O)C(F)(F)F. The van der Waals surface area contributed by atoms with Crippen molar-refractivity contribution < 1.29 is 32.6 Å². The molecule has 0 unspecified atom stereocenters. The fourth-order valence-electron chi connectivity index (χ4n) is 7.50. The Balaban J connectivity index is 0.000000561. The van der Waals surface area contributed by atoms with Crippen LogP contribution < -0.4 is 14.5 Å². The monoisotopic (exact) mass is 691 g/mol. The molecule has 11 nitrogen and oxygen atoms in total. The third kappa shape index (κ3) is 7.19. The number of hydrogen-bond acceptors (Lipinski definition) is 9. The summed E-state index contributed by atoms with van der Waals surface area (Å²) >= 11 is 0. The van der Waals surface area contributed by atoms with Crippen LogP contribution in [0, 0.1) is 11.3 Å². The van der Waals surface area contributed by atoms with Crippen molar-refractivity contribution >= 4 is 34.2 Å². The molecule has 3 fully saturated rings. The summed E-state index contributed by atoms with van der Waals surface area (Å²) in [4.78, 5) is 40.6. The van der Waals surface area contributed by atoms with Crippen LogP contribution in [-0.2, 0) is 22.6 Å². The van der Waals surface area contributed by atoms with Crippen LogP contribution in [0.3, 0.4) is 0 Å². The summed E-state index contributed by atoms with van der Waals surface area (Å²) < 4.78 is 38.5. The number of aromatic nitrogens is 2. The van der Waals surface area contributed by atoms with Crippen molar-refractivity contribution in [3.63, 3.8) is 0 Å². The first-order valence-corrected chi connectivity index (χ1v) is 16.8. The fraction of sp³-hybridized carbons (Fsp3) is 0.472. The first kappa shape index (κ1) is 34.9. The lowest BCUT2D eigenvalue weighted by molar-refractivity contribution is -0.192. The number of amides is 1. The van der Waals surface area contributed by atoms with Crippen LogP contribution in [0.15, 0.2) is 55.1 Å². The van der Waals surface area contributed by atoms with Crippen LogP contribution in [0.5, 0.6) is 6.01 Å². The van der Waals surface area contributed by atoms with E-state index in [1.807, 2.05) is 0 Å². The lowest BCUT2D eigenvalue weighted by atomic mass is 10.0. The molecule has 1 aromatic heterocycles. The molecule has 264 valence electrons. The van der Waals surface area contributed by atoms with E-state index < -0.39 is 12.1 Å². The predicted molar refractivity (Wildman–Crippen MR) is 181 cm³/mol. The van der Waals surface area contributed by atoms with Crippen molar-refractivity contribution in [1.29, 1.82) is 5.26 Å². The van der Waals surface area contributed by atoms with Crippen molar-refractivity contribution in [2.24, 2.45) is 0 Å². The highest BCUT2D eigenvalue weighted by molar-refractivity contribution is 5.94. The number of anilines is 2. The van der Waals surface area contributed by atoms with Gasteiger partial charge in [0, 0.05) is 48.9 Å². The van der Waals surface area contributed by atoms with E-state index in [0.717, 1.165) is 55.8 Å². The molecule has 3 aliphatic heterocycles.